The van der Waals surface area contributed by atoms with Crippen LogP contribution in [0.15, 0.2) is 48.8 Å². The summed E-state index contributed by atoms with van der Waals surface area (Å²) in [6, 6.07) is 12.2. The molecule has 2 heterocycles. The number of nitrogens with zero attached hydrogens (tertiary/aromatic N) is 2. The van der Waals surface area contributed by atoms with E-state index in [1.54, 1.807) is 10.8 Å². The number of hydrogen-bond donors (Lipinski definition) is 2. The van der Waals surface area contributed by atoms with Gasteiger partial charge in [-0.25, -0.2) is 4.57 Å². The van der Waals surface area contributed by atoms with Gasteiger partial charge in [-0.05, 0) is 36.1 Å². The largest absolute Gasteiger partial charge is 0.461 e. The molecule has 0 bridgehead atoms. The SMILES string of the molecule is O=C(CCC[n+]1ccc(C=Cc2ccc(N(CCO)CCO)cc2)cc1)OC1CCCSSC1. The van der Waals surface area contributed by atoms with E-state index in [-0.39, 0.29) is 25.3 Å². The van der Waals surface area contributed by atoms with Gasteiger partial charge in [-0.3, -0.25) is 4.79 Å². The Balaban J connectivity index is 1.42. The van der Waals surface area contributed by atoms with Crippen LogP contribution in [-0.4, -0.2) is 60.1 Å². The van der Waals surface area contributed by atoms with Gasteiger partial charge >= 0.3 is 5.97 Å². The summed E-state index contributed by atoms with van der Waals surface area (Å²) in [6.07, 6.45) is 11.6. The molecule has 0 saturated carbocycles. The molecule has 1 saturated heterocycles. The fourth-order valence-corrected chi connectivity index (χ4v) is 6.05. The molecule has 1 atom stereocenters. The summed E-state index contributed by atoms with van der Waals surface area (Å²) >= 11 is 0. The predicted molar refractivity (Wildman–Crippen MR) is 142 cm³/mol. The number of aromatic nitrogens is 1. The Morgan fingerprint density at radius 3 is 2.38 bits per heavy atom. The Kier molecular flexibility index (Phi) is 11.8. The fraction of sp³-hybridized carbons (Fsp3) is 0.462. The van der Waals surface area contributed by atoms with Crippen LogP contribution in [-0.2, 0) is 16.1 Å². The highest BCUT2D eigenvalue weighted by Crippen LogP contribution is 2.29. The Morgan fingerprint density at radius 2 is 1.71 bits per heavy atom. The topological polar surface area (TPSA) is 73.9 Å². The Bertz CT molecular complexity index is 877. The Morgan fingerprint density at radius 1 is 1.03 bits per heavy atom. The summed E-state index contributed by atoms with van der Waals surface area (Å²) in [5.41, 5.74) is 3.17. The van der Waals surface area contributed by atoms with Crippen molar-refractivity contribution in [2.45, 2.75) is 38.3 Å². The zero-order valence-corrected chi connectivity index (χ0v) is 21.2. The van der Waals surface area contributed by atoms with Crippen LogP contribution in [0.1, 0.15) is 36.8 Å². The van der Waals surface area contributed by atoms with Crippen molar-refractivity contribution in [3.63, 3.8) is 0 Å². The van der Waals surface area contributed by atoms with E-state index in [0.717, 1.165) is 54.1 Å². The summed E-state index contributed by atoms with van der Waals surface area (Å²) in [5, 5.41) is 18.4. The highest BCUT2D eigenvalue weighted by atomic mass is 33.1. The smallest absolute Gasteiger partial charge is 0.306 e. The summed E-state index contributed by atoms with van der Waals surface area (Å²) in [4.78, 5) is 14.1. The van der Waals surface area contributed by atoms with E-state index in [1.165, 1.54) is 0 Å². The Labute approximate surface area is 210 Å². The van der Waals surface area contributed by atoms with Gasteiger partial charge < -0.3 is 19.8 Å². The van der Waals surface area contributed by atoms with Crippen LogP contribution in [0.5, 0.6) is 0 Å². The average Bonchev–Trinajstić information content (AvgIpc) is 3.12. The third kappa shape index (κ3) is 9.33. The lowest BCUT2D eigenvalue weighted by Gasteiger charge is -2.22. The zero-order chi connectivity index (χ0) is 24.0. The molecule has 0 radical (unpaired) electrons. The van der Waals surface area contributed by atoms with Crippen molar-refractivity contribution in [1.29, 1.82) is 0 Å². The number of rotatable bonds is 12. The molecule has 1 aliphatic heterocycles. The minimum Gasteiger partial charge on any atom is -0.461 e. The van der Waals surface area contributed by atoms with Gasteiger partial charge in [0.2, 0.25) is 0 Å². The van der Waals surface area contributed by atoms with Crippen molar-refractivity contribution >= 4 is 45.4 Å². The van der Waals surface area contributed by atoms with E-state index in [2.05, 4.69) is 28.9 Å². The minimum absolute atomic E-state index is 0.0543. The highest BCUT2D eigenvalue weighted by Gasteiger charge is 2.17. The molecule has 1 unspecified atom stereocenters. The lowest BCUT2D eigenvalue weighted by atomic mass is 10.1. The maximum absolute atomic E-state index is 12.1. The number of aliphatic hydroxyl groups is 2. The number of ether oxygens (including phenoxy) is 1. The molecular formula is C26H35N2O4S2+. The number of carbonyl (C=O) groups excluding carboxylic acids is 1. The minimum atomic E-state index is -0.0838. The Hall–Kier alpha value is -2.00. The number of anilines is 1. The van der Waals surface area contributed by atoms with Crippen molar-refractivity contribution in [3.8, 4) is 0 Å². The maximum atomic E-state index is 12.1. The van der Waals surface area contributed by atoms with E-state index in [1.807, 2.05) is 52.4 Å². The van der Waals surface area contributed by atoms with Gasteiger partial charge in [0.15, 0.2) is 12.4 Å². The number of aliphatic hydroxyl groups excluding tert-OH is 2. The third-order valence-electron chi connectivity index (χ3n) is 5.57. The molecule has 1 aromatic heterocycles. The van der Waals surface area contributed by atoms with Gasteiger partial charge in [-0.15, -0.1) is 0 Å². The lowest BCUT2D eigenvalue weighted by Crippen LogP contribution is -2.33. The second-order valence-electron chi connectivity index (χ2n) is 8.19. The lowest BCUT2D eigenvalue weighted by molar-refractivity contribution is -0.697. The van der Waals surface area contributed by atoms with E-state index in [4.69, 9.17) is 4.74 Å². The number of carbonyl (C=O) groups is 1. The molecule has 184 valence electrons. The van der Waals surface area contributed by atoms with Gasteiger partial charge in [0, 0.05) is 48.8 Å². The van der Waals surface area contributed by atoms with Crippen LogP contribution in [0.3, 0.4) is 0 Å². The molecule has 1 aliphatic rings. The standard InChI is InChI=1S/C26H35N2O4S2/c29-18-16-28(17-19-30)24-9-7-22(8-10-24)5-6-23-11-14-27(15-12-23)13-1-4-26(31)32-25-3-2-20-33-34-21-25/h5-12,14-15,25,29-30H,1-4,13,16-21H2/q+1. The normalized spacial score (nSPS) is 16.4. The summed E-state index contributed by atoms with van der Waals surface area (Å²) < 4.78 is 7.72. The van der Waals surface area contributed by atoms with Gasteiger partial charge in [0.05, 0.1) is 19.6 Å². The molecular weight excluding hydrogens is 468 g/mol. The molecule has 1 fully saturated rings. The van der Waals surface area contributed by atoms with Crippen molar-refractivity contribution in [2.24, 2.45) is 0 Å². The van der Waals surface area contributed by atoms with Gasteiger partial charge in [-0.1, -0.05) is 45.9 Å². The summed E-state index contributed by atoms with van der Waals surface area (Å²) in [7, 11) is 3.68. The van der Waals surface area contributed by atoms with E-state index < -0.39 is 0 Å². The highest BCUT2D eigenvalue weighted by molar-refractivity contribution is 8.76. The van der Waals surface area contributed by atoms with Crippen molar-refractivity contribution in [3.05, 3.63) is 59.9 Å². The van der Waals surface area contributed by atoms with E-state index in [9.17, 15) is 15.0 Å². The predicted octanol–water partition coefficient (Wildman–Crippen LogP) is 3.80. The molecule has 2 N–H and O–H groups in total. The van der Waals surface area contributed by atoms with Crippen molar-refractivity contribution < 1.29 is 24.3 Å². The first-order chi connectivity index (χ1) is 16.7. The van der Waals surface area contributed by atoms with Crippen LogP contribution >= 0.6 is 21.6 Å². The molecule has 0 amide bonds. The number of hydrogen-bond acceptors (Lipinski definition) is 7. The maximum Gasteiger partial charge on any atom is 0.306 e. The molecule has 0 spiro atoms. The van der Waals surface area contributed by atoms with Crippen molar-refractivity contribution in [1.82, 2.24) is 0 Å². The van der Waals surface area contributed by atoms with Crippen LogP contribution in [0, 0.1) is 0 Å². The van der Waals surface area contributed by atoms with Crippen LogP contribution in [0.25, 0.3) is 12.2 Å². The second-order valence-corrected chi connectivity index (χ2v) is 10.8. The van der Waals surface area contributed by atoms with E-state index >= 15 is 0 Å². The monoisotopic (exact) mass is 503 g/mol. The molecule has 3 rings (SSSR count). The second kappa shape index (κ2) is 15.1. The summed E-state index contributed by atoms with van der Waals surface area (Å²) in [6.45, 7) is 1.89. The third-order valence-corrected chi connectivity index (χ3v) is 8.11. The molecule has 34 heavy (non-hydrogen) atoms. The number of benzene rings is 1. The quantitative estimate of drug-likeness (QED) is 0.259. The fourth-order valence-electron chi connectivity index (χ4n) is 3.71. The summed E-state index contributed by atoms with van der Waals surface area (Å²) in [5.74, 6) is 1.96. The molecule has 8 heteroatoms. The van der Waals surface area contributed by atoms with Crippen LogP contribution in [0.4, 0.5) is 5.69 Å². The van der Waals surface area contributed by atoms with Crippen LogP contribution < -0.4 is 9.47 Å². The molecule has 6 nitrogen and oxygen atoms in total. The average molecular weight is 504 g/mol. The number of pyridine rings is 1. The molecule has 0 aliphatic carbocycles. The van der Waals surface area contributed by atoms with Gasteiger partial charge in [0.1, 0.15) is 12.6 Å². The first-order valence-corrected chi connectivity index (χ1v) is 14.3. The first kappa shape index (κ1) is 26.6. The van der Waals surface area contributed by atoms with Crippen LogP contribution in [0.2, 0.25) is 0 Å². The number of esters is 1. The number of aryl methyl sites for hydroxylation is 1. The zero-order valence-electron chi connectivity index (χ0n) is 19.6. The van der Waals surface area contributed by atoms with Gasteiger partial charge in [-0.2, -0.15) is 0 Å². The molecule has 1 aromatic carbocycles. The first-order valence-electron chi connectivity index (χ1n) is 11.9. The van der Waals surface area contributed by atoms with E-state index in [0.29, 0.717) is 19.5 Å². The van der Waals surface area contributed by atoms with Gasteiger partial charge in [0.25, 0.3) is 0 Å². The molecule has 2 aromatic rings. The van der Waals surface area contributed by atoms with Crippen molar-refractivity contribution in [2.75, 3.05) is 42.7 Å².